The Hall–Kier alpha value is 2.13. The molecule has 0 aromatic carbocycles. The Kier molecular flexibility index (Phi) is 37.2. The summed E-state index contributed by atoms with van der Waals surface area (Å²) in [4.78, 5) is 18.0. The molecule has 0 aliphatic rings. The molecule has 0 aromatic heterocycles. The van der Waals surface area contributed by atoms with E-state index in [2.05, 4.69) is 0 Å². The zero-order chi connectivity index (χ0) is 8.57. The SMILES string of the molecule is O=C([O-])CO.O=C([O-])CO.[K+].[K+]. The van der Waals surface area contributed by atoms with Crippen LogP contribution in [0, 0.1) is 0 Å². The fourth-order valence-electron chi connectivity index (χ4n) is 0. The van der Waals surface area contributed by atoms with Crippen molar-refractivity contribution >= 4 is 11.9 Å². The van der Waals surface area contributed by atoms with Crippen LogP contribution in [0.2, 0.25) is 0 Å². The van der Waals surface area contributed by atoms with Gasteiger partial charge in [0.25, 0.3) is 0 Å². The van der Waals surface area contributed by atoms with Gasteiger partial charge in [-0.05, 0) is 0 Å². The first-order valence-electron chi connectivity index (χ1n) is 2.16. The number of aliphatic hydroxyl groups excluding tert-OH is 2. The first-order valence-corrected chi connectivity index (χ1v) is 2.16. The second-order valence-corrected chi connectivity index (χ2v) is 1.06. The van der Waals surface area contributed by atoms with E-state index in [0.717, 1.165) is 0 Å². The fraction of sp³-hybridized carbons (Fsp3) is 0.500. The summed E-state index contributed by atoms with van der Waals surface area (Å²) in [5, 5.41) is 33.0. The fourth-order valence-corrected chi connectivity index (χ4v) is 0. The summed E-state index contributed by atoms with van der Waals surface area (Å²) in [6.07, 6.45) is 0. The molecule has 60 valence electrons. The number of rotatable bonds is 2. The average Bonchev–Trinajstić information content (AvgIpc) is 1.89. The van der Waals surface area contributed by atoms with Crippen LogP contribution in [0.3, 0.4) is 0 Å². The van der Waals surface area contributed by atoms with E-state index < -0.39 is 25.2 Å². The van der Waals surface area contributed by atoms with E-state index in [0.29, 0.717) is 0 Å². The third kappa shape index (κ3) is 40.0. The first-order chi connectivity index (χ1) is 4.54. The summed E-state index contributed by atoms with van der Waals surface area (Å²) >= 11 is 0. The average molecular weight is 228 g/mol. The van der Waals surface area contributed by atoms with E-state index in [4.69, 9.17) is 30.0 Å². The van der Waals surface area contributed by atoms with E-state index in [1.807, 2.05) is 0 Å². The van der Waals surface area contributed by atoms with Gasteiger partial charge < -0.3 is 30.0 Å². The second-order valence-electron chi connectivity index (χ2n) is 1.06. The smallest absolute Gasteiger partial charge is 0.548 e. The number of carbonyl (C=O) groups is 2. The van der Waals surface area contributed by atoms with Crippen molar-refractivity contribution in [2.75, 3.05) is 13.2 Å². The van der Waals surface area contributed by atoms with Crippen molar-refractivity contribution in [2.24, 2.45) is 0 Å². The third-order valence-electron chi connectivity index (χ3n) is 0.258. The van der Waals surface area contributed by atoms with Crippen LogP contribution < -0.4 is 113 Å². The van der Waals surface area contributed by atoms with E-state index in [-0.39, 0.29) is 103 Å². The monoisotopic (exact) mass is 228 g/mol. The van der Waals surface area contributed by atoms with Gasteiger partial charge in [-0.1, -0.05) is 0 Å². The molecular formula is C4H6K2O6. The summed E-state index contributed by atoms with van der Waals surface area (Å²) in [6.45, 7) is -1.78. The van der Waals surface area contributed by atoms with Crippen molar-refractivity contribution in [3.63, 3.8) is 0 Å². The third-order valence-corrected chi connectivity index (χ3v) is 0.258. The van der Waals surface area contributed by atoms with E-state index in [1.54, 1.807) is 0 Å². The molecule has 0 aliphatic heterocycles. The van der Waals surface area contributed by atoms with Gasteiger partial charge in [-0.25, -0.2) is 0 Å². The molecule has 8 heteroatoms. The minimum atomic E-state index is -1.44. The van der Waals surface area contributed by atoms with Crippen molar-refractivity contribution < 1.29 is 133 Å². The van der Waals surface area contributed by atoms with Crippen LogP contribution in [-0.4, -0.2) is 35.4 Å². The summed E-state index contributed by atoms with van der Waals surface area (Å²) < 4.78 is 0. The Labute approximate surface area is 154 Å². The quantitative estimate of drug-likeness (QED) is 0.453. The van der Waals surface area contributed by atoms with Crippen LogP contribution in [0.5, 0.6) is 0 Å². The number of hydrogen-bond acceptors (Lipinski definition) is 6. The molecular weight excluding hydrogens is 222 g/mol. The Morgan fingerprint density at radius 1 is 0.917 bits per heavy atom. The topological polar surface area (TPSA) is 121 Å². The second kappa shape index (κ2) is 18.8. The molecule has 0 atom stereocenters. The van der Waals surface area contributed by atoms with Gasteiger partial charge in [0.2, 0.25) is 0 Å². The largest absolute Gasteiger partial charge is 1.00 e. The van der Waals surface area contributed by atoms with Gasteiger partial charge in [-0.2, -0.15) is 0 Å². The molecule has 0 radical (unpaired) electrons. The van der Waals surface area contributed by atoms with E-state index in [1.165, 1.54) is 0 Å². The van der Waals surface area contributed by atoms with Crippen molar-refractivity contribution in [2.45, 2.75) is 0 Å². The Morgan fingerprint density at radius 2 is 1.00 bits per heavy atom. The zero-order valence-electron chi connectivity index (χ0n) is 6.94. The molecule has 0 fully saturated rings. The number of hydrogen-bond donors (Lipinski definition) is 2. The van der Waals surface area contributed by atoms with Gasteiger partial charge in [0, 0.05) is 0 Å². The van der Waals surface area contributed by atoms with Gasteiger partial charge in [0.1, 0.15) is 0 Å². The van der Waals surface area contributed by atoms with Crippen molar-refractivity contribution in [3.8, 4) is 0 Å². The molecule has 0 spiro atoms. The molecule has 0 heterocycles. The Morgan fingerprint density at radius 3 is 1.00 bits per heavy atom. The van der Waals surface area contributed by atoms with Crippen LogP contribution in [0.25, 0.3) is 0 Å². The van der Waals surface area contributed by atoms with Gasteiger partial charge in [0.15, 0.2) is 0 Å². The van der Waals surface area contributed by atoms with Crippen LogP contribution in [0.4, 0.5) is 0 Å². The maximum absolute atomic E-state index is 9.01. The van der Waals surface area contributed by atoms with E-state index >= 15 is 0 Å². The van der Waals surface area contributed by atoms with Crippen LogP contribution in [0.15, 0.2) is 0 Å². The van der Waals surface area contributed by atoms with Crippen molar-refractivity contribution in [1.29, 1.82) is 0 Å². The number of carboxylic acid groups (broad SMARTS) is 2. The molecule has 0 bridgehead atoms. The molecule has 0 saturated heterocycles. The van der Waals surface area contributed by atoms with Crippen LogP contribution in [0.1, 0.15) is 0 Å². The maximum Gasteiger partial charge on any atom is 1.00 e. The summed E-state index contributed by atoms with van der Waals surface area (Å²) in [6, 6.07) is 0. The van der Waals surface area contributed by atoms with Gasteiger partial charge in [-0.3, -0.25) is 0 Å². The summed E-state index contributed by atoms with van der Waals surface area (Å²) in [7, 11) is 0. The van der Waals surface area contributed by atoms with Gasteiger partial charge in [0.05, 0.1) is 25.2 Å². The summed E-state index contributed by atoms with van der Waals surface area (Å²) in [5.74, 6) is -2.88. The number of aliphatic hydroxyl groups is 2. The number of aliphatic carboxylic acids is 2. The van der Waals surface area contributed by atoms with E-state index in [9.17, 15) is 0 Å². The zero-order valence-corrected chi connectivity index (χ0v) is 13.2. The molecule has 2 N–H and O–H groups in total. The Bertz CT molecular complexity index is 102. The summed E-state index contributed by atoms with van der Waals surface area (Å²) in [5.41, 5.74) is 0. The van der Waals surface area contributed by atoms with Crippen LogP contribution >= 0.6 is 0 Å². The molecule has 0 aromatic rings. The normalized spacial score (nSPS) is 6.17. The molecule has 0 aliphatic carbocycles. The van der Waals surface area contributed by atoms with Crippen LogP contribution in [-0.2, 0) is 9.59 Å². The standard InChI is InChI=1S/2C2H4O3.2K/c2*3-1-2(4)5;;/h2*3H,1H2,(H,4,5);;/q;;2*+1/p-2. The minimum Gasteiger partial charge on any atom is -0.548 e. The van der Waals surface area contributed by atoms with Crippen molar-refractivity contribution in [3.05, 3.63) is 0 Å². The maximum atomic E-state index is 9.01. The molecule has 12 heavy (non-hydrogen) atoms. The predicted molar refractivity (Wildman–Crippen MR) is 24.2 cm³/mol. The minimum absolute atomic E-state index is 0. The number of carboxylic acids is 2. The number of carbonyl (C=O) groups excluding carboxylic acids is 2. The molecule has 6 nitrogen and oxygen atoms in total. The molecule has 0 unspecified atom stereocenters. The van der Waals surface area contributed by atoms with Gasteiger partial charge in [-0.15, -0.1) is 0 Å². The Balaban J connectivity index is -0.0000000457. The van der Waals surface area contributed by atoms with Gasteiger partial charge >= 0.3 is 103 Å². The molecule has 0 rings (SSSR count). The van der Waals surface area contributed by atoms with Crippen molar-refractivity contribution in [1.82, 2.24) is 0 Å². The molecule has 0 amide bonds. The predicted octanol–water partition coefficient (Wildman–Crippen LogP) is -10.5. The molecule has 0 saturated carbocycles. The first kappa shape index (κ1) is 23.7.